The van der Waals surface area contributed by atoms with Crippen molar-refractivity contribution in [2.45, 2.75) is 43.7 Å². The van der Waals surface area contributed by atoms with Gasteiger partial charge in [-0.05, 0) is 30.9 Å². The second-order valence-corrected chi connectivity index (χ2v) is 9.92. The van der Waals surface area contributed by atoms with E-state index >= 15 is 0 Å². The molecule has 2 N–H and O–H groups in total. The topological polar surface area (TPSA) is 106 Å². The van der Waals surface area contributed by atoms with Gasteiger partial charge in [0.25, 0.3) is 0 Å². The highest BCUT2D eigenvalue weighted by Gasteiger charge is 2.39. The average molecular weight is 501 g/mol. The van der Waals surface area contributed by atoms with Crippen molar-refractivity contribution in [1.82, 2.24) is 9.29 Å². The van der Waals surface area contributed by atoms with Crippen LogP contribution in [0.15, 0.2) is 18.3 Å². The number of pyridine rings is 1. The summed E-state index contributed by atoms with van der Waals surface area (Å²) in [4.78, 5) is 17.7. The first-order chi connectivity index (χ1) is 14.6. The number of hydrogen-bond acceptors (Lipinski definition) is 6. The number of piperazine rings is 1. The Labute approximate surface area is 191 Å². The molecule has 2 fully saturated rings. The molecule has 2 atom stereocenters. The van der Waals surface area contributed by atoms with E-state index in [1.807, 2.05) is 4.90 Å². The zero-order valence-electron chi connectivity index (χ0n) is 17.5. The average Bonchev–Trinajstić information content (AvgIpc) is 2.73. The standard InChI is InChI=1S/C19H27F3N4O4S.ClH/c20-19(21,22)6-1-2-14-3-4-16(24-13-14)25-7-9-26(10-8-25)31(28,29)17-12-15(18(23)27)5-11-30-17;/h3-4,13,15,17H,1-2,5-12H2,(H2,23,27);1H. The van der Waals surface area contributed by atoms with Crippen LogP contribution in [0, 0.1) is 5.92 Å². The summed E-state index contributed by atoms with van der Waals surface area (Å²) in [5, 5.41) is 0. The summed E-state index contributed by atoms with van der Waals surface area (Å²) < 4.78 is 69.4. The Morgan fingerprint density at radius 2 is 1.91 bits per heavy atom. The number of primary amides is 1. The van der Waals surface area contributed by atoms with E-state index in [4.69, 9.17) is 10.5 Å². The molecule has 2 saturated heterocycles. The van der Waals surface area contributed by atoms with Crippen molar-refractivity contribution in [1.29, 1.82) is 0 Å². The van der Waals surface area contributed by atoms with Crippen LogP contribution in [-0.2, 0) is 26.0 Å². The number of hydrogen-bond donors (Lipinski definition) is 1. The minimum absolute atomic E-state index is 0. The van der Waals surface area contributed by atoms with Crippen LogP contribution in [0.2, 0.25) is 0 Å². The molecule has 3 heterocycles. The molecule has 0 radical (unpaired) electrons. The molecular formula is C19H28ClF3N4O4S. The fourth-order valence-electron chi connectivity index (χ4n) is 3.81. The maximum Gasteiger partial charge on any atom is 0.389 e. The van der Waals surface area contributed by atoms with Crippen molar-refractivity contribution >= 4 is 34.2 Å². The lowest BCUT2D eigenvalue weighted by Gasteiger charge is -2.37. The van der Waals surface area contributed by atoms with Crippen LogP contribution < -0.4 is 10.6 Å². The van der Waals surface area contributed by atoms with Gasteiger partial charge in [-0.2, -0.15) is 17.5 Å². The van der Waals surface area contributed by atoms with Crippen molar-refractivity contribution in [3.8, 4) is 0 Å². The van der Waals surface area contributed by atoms with Gasteiger partial charge in [0, 0.05) is 57.7 Å². The first-order valence-electron chi connectivity index (χ1n) is 10.2. The van der Waals surface area contributed by atoms with Crippen LogP contribution in [0.25, 0.3) is 0 Å². The maximum absolute atomic E-state index is 12.9. The summed E-state index contributed by atoms with van der Waals surface area (Å²) in [5.74, 6) is -0.366. The molecule has 0 spiro atoms. The number of anilines is 1. The number of sulfonamides is 1. The van der Waals surface area contributed by atoms with Crippen LogP contribution in [0.3, 0.4) is 0 Å². The van der Waals surface area contributed by atoms with Gasteiger partial charge in [0.1, 0.15) is 5.82 Å². The van der Waals surface area contributed by atoms with Gasteiger partial charge in [0.2, 0.25) is 15.9 Å². The van der Waals surface area contributed by atoms with Crippen LogP contribution in [0.5, 0.6) is 0 Å². The largest absolute Gasteiger partial charge is 0.389 e. The predicted octanol–water partition coefficient (Wildman–Crippen LogP) is 2.08. The number of alkyl halides is 3. The van der Waals surface area contributed by atoms with Gasteiger partial charge in [-0.1, -0.05) is 6.07 Å². The highest BCUT2D eigenvalue weighted by molar-refractivity contribution is 7.89. The fourth-order valence-corrected chi connectivity index (χ4v) is 5.56. The predicted molar refractivity (Wildman–Crippen MR) is 115 cm³/mol. The number of halogens is 4. The first kappa shape index (κ1) is 26.6. The molecule has 1 aromatic rings. The molecule has 2 aliphatic rings. The molecule has 0 aromatic carbocycles. The minimum atomic E-state index is -4.16. The van der Waals surface area contributed by atoms with Gasteiger partial charge in [-0.3, -0.25) is 4.79 Å². The van der Waals surface area contributed by atoms with Crippen molar-refractivity contribution in [2.75, 3.05) is 37.7 Å². The molecule has 13 heteroatoms. The summed E-state index contributed by atoms with van der Waals surface area (Å²) in [6, 6.07) is 3.50. The highest BCUT2D eigenvalue weighted by atomic mass is 35.5. The zero-order valence-corrected chi connectivity index (χ0v) is 19.1. The summed E-state index contributed by atoms with van der Waals surface area (Å²) in [6.07, 6.45) is -2.61. The second kappa shape index (κ2) is 11.0. The lowest BCUT2D eigenvalue weighted by atomic mass is 10.00. The summed E-state index contributed by atoms with van der Waals surface area (Å²) in [7, 11) is -3.72. The minimum Gasteiger partial charge on any atom is -0.369 e. The number of aromatic nitrogens is 1. The molecule has 182 valence electrons. The van der Waals surface area contributed by atoms with E-state index in [2.05, 4.69) is 4.98 Å². The maximum atomic E-state index is 12.9. The van der Waals surface area contributed by atoms with Crippen molar-refractivity contribution in [3.63, 3.8) is 0 Å². The summed E-state index contributed by atoms with van der Waals surface area (Å²) >= 11 is 0. The second-order valence-electron chi connectivity index (χ2n) is 7.85. The third kappa shape index (κ3) is 6.93. The Kier molecular flexibility index (Phi) is 9.15. The van der Waals surface area contributed by atoms with E-state index in [-0.39, 0.29) is 44.9 Å². The number of ether oxygens (including phenoxy) is 1. The van der Waals surface area contributed by atoms with Gasteiger partial charge >= 0.3 is 6.18 Å². The van der Waals surface area contributed by atoms with E-state index in [0.29, 0.717) is 31.7 Å². The molecular weight excluding hydrogens is 473 g/mol. The monoisotopic (exact) mass is 500 g/mol. The SMILES string of the molecule is Cl.NC(=O)C1CCOC(S(=O)(=O)N2CCN(c3ccc(CCCC(F)(F)F)cn3)CC2)C1. The molecule has 2 aliphatic heterocycles. The number of rotatable bonds is 7. The molecule has 0 aliphatic carbocycles. The smallest absolute Gasteiger partial charge is 0.369 e. The Morgan fingerprint density at radius 3 is 2.47 bits per heavy atom. The third-order valence-electron chi connectivity index (χ3n) is 5.64. The summed E-state index contributed by atoms with van der Waals surface area (Å²) in [6.45, 7) is 1.52. The number of aryl methyl sites for hydroxylation is 1. The Balaban J connectivity index is 0.00000363. The van der Waals surface area contributed by atoms with Gasteiger partial charge in [-0.25, -0.2) is 13.4 Å². The Morgan fingerprint density at radius 1 is 1.22 bits per heavy atom. The number of carbonyl (C=O) groups excluding carboxylic acids is 1. The van der Waals surface area contributed by atoms with E-state index in [1.165, 1.54) is 4.31 Å². The fraction of sp³-hybridized carbons (Fsp3) is 0.684. The number of carbonyl (C=O) groups is 1. The summed E-state index contributed by atoms with van der Waals surface area (Å²) in [5.41, 5.74) is 4.98. The van der Waals surface area contributed by atoms with E-state index in [1.54, 1.807) is 18.3 Å². The van der Waals surface area contributed by atoms with Crippen LogP contribution in [-0.4, -0.2) is 68.0 Å². The highest BCUT2D eigenvalue weighted by Crippen LogP contribution is 2.27. The number of nitrogens with two attached hydrogens (primary N) is 1. The van der Waals surface area contributed by atoms with Gasteiger partial charge in [0.15, 0.2) is 5.44 Å². The normalized spacial score (nSPS) is 22.9. The molecule has 0 saturated carbocycles. The van der Waals surface area contributed by atoms with E-state index in [0.717, 1.165) is 5.56 Å². The van der Waals surface area contributed by atoms with Crippen molar-refractivity contribution < 1.29 is 31.1 Å². The molecule has 32 heavy (non-hydrogen) atoms. The van der Waals surface area contributed by atoms with E-state index < -0.39 is 39.9 Å². The Hall–Kier alpha value is -1.63. The Bertz CT molecular complexity index is 862. The third-order valence-corrected chi connectivity index (χ3v) is 7.72. The number of nitrogens with zero attached hydrogens (tertiary/aromatic N) is 3. The molecule has 8 nitrogen and oxygen atoms in total. The molecule has 3 rings (SSSR count). The van der Waals surface area contributed by atoms with E-state index in [9.17, 15) is 26.4 Å². The lowest BCUT2D eigenvalue weighted by molar-refractivity contribution is -0.135. The lowest BCUT2D eigenvalue weighted by Crippen LogP contribution is -2.53. The first-order valence-corrected chi connectivity index (χ1v) is 11.7. The van der Waals surface area contributed by atoms with Gasteiger partial charge in [-0.15, -0.1) is 12.4 Å². The quantitative estimate of drug-likeness (QED) is 0.614. The van der Waals surface area contributed by atoms with Crippen LogP contribution in [0.1, 0.15) is 31.2 Å². The van der Waals surface area contributed by atoms with Gasteiger partial charge in [0.05, 0.1) is 0 Å². The van der Waals surface area contributed by atoms with Crippen LogP contribution in [0.4, 0.5) is 19.0 Å². The van der Waals surface area contributed by atoms with Crippen molar-refractivity contribution in [3.05, 3.63) is 23.9 Å². The molecule has 2 unspecified atom stereocenters. The molecule has 1 amide bonds. The van der Waals surface area contributed by atoms with Gasteiger partial charge < -0.3 is 15.4 Å². The van der Waals surface area contributed by atoms with Crippen molar-refractivity contribution in [2.24, 2.45) is 11.7 Å². The zero-order chi connectivity index (χ0) is 22.6. The van der Waals surface area contributed by atoms with Crippen LogP contribution >= 0.6 is 12.4 Å². The molecule has 0 bridgehead atoms. The number of amides is 1. The molecule has 1 aromatic heterocycles.